The minimum atomic E-state index is -9.54. The van der Waals surface area contributed by atoms with Crippen molar-refractivity contribution in [3.8, 4) is 0 Å². The van der Waals surface area contributed by atoms with Crippen LogP contribution in [0.3, 0.4) is 0 Å². The van der Waals surface area contributed by atoms with Crippen LogP contribution in [0.4, 0.5) is 105 Å². The largest absolute Gasteiger partial charge is 0.477 e. The zero-order valence-electron chi connectivity index (χ0n) is 20.4. The SMILES string of the molecule is C[N+](C)(CC(=O)O)CC(F)C(F)(F)C(F)(F)C(F)(F)C(F)(F)C(F)(F)C(F)(F)C(F)(F)C(F)(F)C(F)(F)C(F)(F)C(F)(F)F. The highest BCUT2D eigenvalue weighted by atomic mass is 19.4. The molecule has 0 aromatic rings. The van der Waals surface area contributed by atoms with Gasteiger partial charge < -0.3 is 9.59 Å². The summed E-state index contributed by atoms with van der Waals surface area (Å²) in [4.78, 5) is 10.5. The van der Waals surface area contributed by atoms with E-state index in [0.717, 1.165) is 0 Å². The minimum absolute atomic E-state index is 0.344. The molecule has 0 amide bonds. The molecule has 0 aromatic carbocycles. The number of aliphatic carboxylic acids is 1. The Morgan fingerprint density at radius 3 is 0.955 bits per heavy atom. The maximum atomic E-state index is 13.9. The molecule has 1 N–H and O–H groups in total. The molecule has 0 aliphatic heterocycles. The maximum absolute atomic E-state index is 13.9. The van der Waals surface area contributed by atoms with Gasteiger partial charge in [-0.05, 0) is 0 Å². The lowest BCUT2D eigenvalue weighted by atomic mass is 9.84. The van der Waals surface area contributed by atoms with Crippen molar-refractivity contribution in [2.24, 2.45) is 0 Å². The molecule has 0 saturated carbocycles. The van der Waals surface area contributed by atoms with Crippen molar-refractivity contribution in [2.45, 2.75) is 71.6 Å². The zero-order chi connectivity index (χ0) is 36.6. The number of nitrogens with zero attached hydrogens (tertiary/aromatic N) is 1. The van der Waals surface area contributed by atoms with Gasteiger partial charge in [0.15, 0.2) is 6.54 Å². The van der Waals surface area contributed by atoms with Crippen LogP contribution in [-0.4, -0.2) is 114 Å². The fourth-order valence-corrected chi connectivity index (χ4v) is 2.94. The molecule has 0 bridgehead atoms. The van der Waals surface area contributed by atoms with Gasteiger partial charge in [0.2, 0.25) is 6.17 Å². The second-order valence-electron chi connectivity index (χ2n) is 9.43. The molecule has 0 aliphatic rings. The van der Waals surface area contributed by atoms with Crippen molar-refractivity contribution < 1.29 is 120 Å². The first-order valence-corrected chi connectivity index (χ1v) is 10.1. The standard InChI is InChI=1S/C17H11F24NO2/c1-42(2,4-6(43)44)3-5(18)7(19,20)8(21,22)9(23,24)10(25,26)11(27,28)12(29,30)13(31,32)14(33,34)15(35,36)16(37,38)17(39,40)41/h5H,3-4H2,1-2H3/p+1. The molecule has 0 fully saturated rings. The molecule has 0 heterocycles. The smallest absolute Gasteiger partial charge is 0.460 e. The second-order valence-corrected chi connectivity index (χ2v) is 9.43. The lowest BCUT2D eigenvalue weighted by Crippen LogP contribution is -2.78. The fourth-order valence-electron chi connectivity index (χ4n) is 2.94. The molecular formula is C17H12F24NO2+. The van der Waals surface area contributed by atoms with Gasteiger partial charge in [0.05, 0.1) is 14.1 Å². The highest BCUT2D eigenvalue weighted by Crippen LogP contribution is 2.67. The molecular weight excluding hydrogens is 706 g/mol. The van der Waals surface area contributed by atoms with Crippen molar-refractivity contribution in [2.75, 3.05) is 27.2 Å². The van der Waals surface area contributed by atoms with E-state index in [1.807, 2.05) is 0 Å². The van der Waals surface area contributed by atoms with Gasteiger partial charge in [0, 0.05) is 0 Å². The summed E-state index contributed by atoms with van der Waals surface area (Å²) in [5.41, 5.74) is 0. The van der Waals surface area contributed by atoms with E-state index >= 15 is 0 Å². The van der Waals surface area contributed by atoms with Gasteiger partial charge in [-0.25, -0.2) is 9.18 Å². The van der Waals surface area contributed by atoms with Gasteiger partial charge in [-0.1, -0.05) is 0 Å². The number of carbonyl (C=O) groups is 1. The summed E-state index contributed by atoms with van der Waals surface area (Å²) in [6.45, 7) is -4.02. The highest BCUT2D eigenvalue weighted by Gasteiger charge is 2.99. The third-order valence-corrected chi connectivity index (χ3v) is 5.54. The molecule has 0 spiro atoms. The van der Waals surface area contributed by atoms with E-state index in [-0.39, 0.29) is 0 Å². The lowest BCUT2D eigenvalue weighted by Gasteiger charge is -2.45. The van der Waals surface area contributed by atoms with E-state index in [1.54, 1.807) is 0 Å². The molecule has 0 aliphatic carbocycles. The van der Waals surface area contributed by atoms with Crippen LogP contribution in [0.25, 0.3) is 0 Å². The average Bonchev–Trinajstić information content (AvgIpc) is 2.75. The number of quaternary nitrogens is 1. The Labute approximate surface area is 225 Å². The Bertz CT molecular complexity index is 1060. The average molecular weight is 718 g/mol. The van der Waals surface area contributed by atoms with E-state index in [4.69, 9.17) is 5.11 Å². The molecule has 27 heteroatoms. The summed E-state index contributed by atoms with van der Waals surface area (Å²) in [5, 5.41) is 8.48. The van der Waals surface area contributed by atoms with E-state index in [2.05, 4.69) is 0 Å². The lowest BCUT2D eigenvalue weighted by molar-refractivity contribution is -0.886. The summed E-state index contributed by atoms with van der Waals surface area (Å²) in [6, 6.07) is 0. The minimum Gasteiger partial charge on any atom is -0.477 e. The van der Waals surface area contributed by atoms with E-state index in [1.165, 1.54) is 0 Å². The third-order valence-electron chi connectivity index (χ3n) is 5.54. The van der Waals surface area contributed by atoms with Crippen LogP contribution in [0.1, 0.15) is 0 Å². The van der Waals surface area contributed by atoms with Gasteiger partial charge >= 0.3 is 71.4 Å². The number of rotatable bonds is 14. The topological polar surface area (TPSA) is 37.3 Å². The van der Waals surface area contributed by atoms with Gasteiger partial charge in [-0.2, -0.15) is 101 Å². The molecule has 3 nitrogen and oxygen atoms in total. The van der Waals surface area contributed by atoms with Crippen LogP contribution in [0.5, 0.6) is 0 Å². The van der Waals surface area contributed by atoms with Crippen LogP contribution in [-0.2, 0) is 4.79 Å². The number of halogens is 24. The van der Waals surface area contributed by atoms with Crippen LogP contribution in [0.2, 0.25) is 0 Å². The molecule has 0 saturated heterocycles. The Kier molecular flexibility index (Phi) is 10.1. The van der Waals surface area contributed by atoms with Crippen molar-refractivity contribution in [1.82, 2.24) is 0 Å². The Hall–Kier alpha value is -2.25. The predicted molar refractivity (Wildman–Crippen MR) is 89.9 cm³/mol. The van der Waals surface area contributed by atoms with Crippen LogP contribution >= 0.6 is 0 Å². The Morgan fingerprint density at radius 2 is 0.727 bits per heavy atom. The molecule has 1 atom stereocenters. The first-order valence-electron chi connectivity index (χ1n) is 10.1. The quantitative estimate of drug-likeness (QED) is 0.150. The van der Waals surface area contributed by atoms with Gasteiger partial charge in [-0.15, -0.1) is 0 Å². The molecule has 44 heavy (non-hydrogen) atoms. The van der Waals surface area contributed by atoms with Crippen molar-refractivity contribution >= 4 is 5.97 Å². The normalized spacial score (nSPS) is 17.1. The molecule has 1 unspecified atom stereocenters. The molecule has 0 radical (unpaired) electrons. The van der Waals surface area contributed by atoms with E-state index < -0.39 is 95.1 Å². The summed E-state index contributed by atoms with van der Waals surface area (Å²) < 4.78 is 320. The first-order chi connectivity index (χ1) is 18.5. The van der Waals surface area contributed by atoms with Crippen LogP contribution in [0.15, 0.2) is 0 Å². The number of likely N-dealkylation sites (N-methyl/N-ethyl adjacent to an activating group) is 1. The van der Waals surface area contributed by atoms with Crippen LogP contribution < -0.4 is 0 Å². The zero-order valence-corrected chi connectivity index (χ0v) is 20.4. The van der Waals surface area contributed by atoms with E-state index in [0.29, 0.717) is 14.1 Å². The predicted octanol–water partition coefficient (Wildman–Crippen LogP) is 7.40. The monoisotopic (exact) mass is 718 g/mol. The number of carboxylic acid groups (broad SMARTS) is 1. The molecule has 0 rings (SSSR count). The summed E-state index contributed by atoms with van der Waals surface area (Å²) in [7, 11) is 0.688. The Morgan fingerprint density at radius 1 is 0.500 bits per heavy atom. The number of hydrogen-bond acceptors (Lipinski definition) is 1. The van der Waals surface area contributed by atoms with Gasteiger partial charge in [0.1, 0.15) is 6.54 Å². The maximum Gasteiger partial charge on any atom is 0.460 e. The second kappa shape index (κ2) is 10.7. The van der Waals surface area contributed by atoms with Crippen LogP contribution in [0, 0.1) is 0 Å². The number of hydrogen-bond donors (Lipinski definition) is 1. The fraction of sp³-hybridized carbons (Fsp3) is 0.941. The summed E-state index contributed by atoms with van der Waals surface area (Å²) in [6.07, 6.45) is -13.2. The summed E-state index contributed by atoms with van der Waals surface area (Å²) >= 11 is 0. The number of alkyl halides is 24. The third kappa shape index (κ3) is 5.55. The molecule has 0 aromatic heterocycles. The number of carboxylic acids is 1. The van der Waals surface area contributed by atoms with Crippen molar-refractivity contribution in [3.05, 3.63) is 0 Å². The van der Waals surface area contributed by atoms with Crippen molar-refractivity contribution in [1.29, 1.82) is 0 Å². The van der Waals surface area contributed by atoms with Crippen molar-refractivity contribution in [3.63, 3.8) is 0 Å². The Balaban J connectivity index is 7.17. The van der Waals surface area contributed by atoms with Gasteiger partial charge in [-0.3, -0.25) is 0 Å². The van der Waals surface area contributed by atoms with E-state index in [9.17, 15) is 110 Å². The highest BCUT2D eigenvalue weighted by molar-refractivity contribution is 5.67. The summed E-state index contributed by atoms with van der Waals surface area (Å²) in [5.74, 6) is -92.1. The molecule has 264 valence electrons. The van der Waals surface area contributed by atoms with Gasteiger partial charge in [0.25, 0.3) is 0 Å². The first kappa shape index (κ1) is 41.8.